The first-order valence-electron chi connectivity index (χ1n) is 6.77. The Labute approximate surface area is 128 Å². The van der Waals surface area contributed by atoms with E-state index < -0.39 is 16.0 Å². The molecule has 1 N–H and O–H groups in total. The second kappa shape index (κ2) is 6.45. The van der Waals surface area contributed by atoms with E-state index in [1.54, 1.807) is 0 Å². The normalized spacial score (nSPS) is 17.1. The van der Waals surface area contributed by atoms with E-state index in [0.717, 1.165) is 0 Å². The molecule has 120 valence electrons. The number of hydrogen-bond acceptors (Lipinski definition) is 5. The number of sulfonamides is 1. The summed E-state index contributed by atoms with van der Waals surface area (Å²) in [4.78, 5) is 22.3. The molecule has 1 fully saturated rings. The van der Waals surface area contributed by atoms with Crippen LogP contribution in [0.1, 0.15) is 23.2 Å². The summed E-state index contributed by atoms with van der Waals surface area (Å²) in [7, 11) is -2.36. The van der Waals surface area contributed by atoms with E-state index in [4.69, 9.17) is 5.11 Å². The minimum Gasteiger partial charge on any atom is -0.478 e. The van der Waals surface area contributed by atoms with Crippen molar-refractivity contribution in [1.82, 2.24) is 4.31 Å². The van der Waals surface area contributed by atoms with Crippen LogP contribution in [-0.2, 0) is 19.6 Å². The third kappa shape index (κ3) is 3.28. The summed E-state index contributed by atoms with van der Waals surface area (Å²) in [5, 5.41) is 8.83. The maximum absolute atomic E-state index is 12.5. The molecule has 0 atom stereocenters. The first-order valence-corrected chi connectivity index (χ1v) is 8.21. The zero-order valence-electron chi connectivity index (χ0n) is 12.1. The zero-order valence-corrected chi connectivity index (χ0v) is 12.9. The molecule has 0 aliphatic carbocycles. The van der Waals surface area contributed by atoms with Crippen molar-refractivity contribution in [3.05, 3.63) is 29.8 Å². The van der Waals surface area contributed by atoms with E-state index in [0.29, 0.717) is 12.8 Å². The number of methoxy groups -OCH3 is 1. The number of nitrogens with zero attached hydrogens (tertiary/aromatic N) is 1. The van der Waals surface area contributed by atoms with Crippen molar-refractivity contribution in [3.63, 3.8) is 0 Å². The lowest BCUT2D eigenvalue weighted by Crippen LogP contribution is -2.40. The van der Waals surface area contributed by atoms with Gasteiger partial charge in [-0.2, -0.15) is 4.31 Å². The van der Waals surface area contributed by atoms with E-state index in [1.165, 1.54) is 35.7 Å². The molecule has 1 saturated heterocycles. The Balaban J connectivity index is 2.11. The number of carboxylic acid groups (broad SMARTS) is 1. The minimum absolute atomic E-state index is 0.0309. The van der Waals surface area contributed by atoms with Crippen LogP contribution in [0.4, 0.5) is 0 Å². The number of benzene rings is 1. The number of carboxylic acids is 1. The number of carbonyl (C=O) groups is 2. The number of piperidine rings is 1. The molecule has 1 aliphatic heterocycles. The van der Waals surface area contributed by atoms with Gasteiger partial charge in [-0.15, -0.1) is 0 Å². The molecule has 1 aliphatic rings. The number of aromatic carboxylic acids is 1. The van der Waals surface area contributed by atoms with E-state index in [-0.39, 0.29) is 35.4 Å². The Morgan fingerprint density at radius 3 is 2.18 bits per heavy atom. The van der Waals surface area contributed by atoms with Gasteiger partial charge in [0.25, 0.3) is 0 Å². The molecule has 0 unspecified atom stereocenters. The fourth-order valence-electron chi connectivity index (χ4n) is 2.42. The first-order chi connectivity index (χ1) is 10.4. The van der Waals surface area contributed by atoms with Gasteiger partial charge < -0.3 is 9.84 Å². The molecule has 0 aromatic heterocycles. The summed E-state index contributed by atoms with van der Waals surface area (Å²) in [6.07, 6.45) is 0.832. The smallest absolute Gasteiger partial charge is 0.335 e. The molecule has 2 rings (SSSR count). The van der Waals surface area contributed by atoms with E-state index in [2.05, 4.69) is 4.74 Å². The Kier molecular flexibility index (Phi) is 4.82. The summed E-state index contributed by atoms with van der Waals surface area (Å²) in [5.41, 5.74) is 0.0309. The van der Waals surface area contributed by atoms with Gasteiger partial charge in [0.05, 0.1) is 23.5 Å². The monoisotopic (exact) mass is 327 g/mol. The first kappa shape index (κ1) is 16.4. The van der Waals surface area contributed by atoms with Crippen LogP contribution in [0.25, 0.3) is 0 Å². The van der Waals surface area contributed by atoms with Crippen LogP contribution < -0.4 is 0 Å². The number of hydrogen-bond donors (Lipinski definition) is 1. The fraction of sp³-hybridized carbons (Fsp3) is 0.429. The van der Waals surface area contributed by atoms with Gasteiger partial charge >= 0.3 is 11.9 Å². The number of carbonyl (C=O) groups excluding carboxylic acids is 1. The Morgan fingerprint density at radius 2 is 1.73 bits per heavy atom. The second-order valence-electron chi connectivity index (χ2n) is 5.03. The van der Waals surface area contributed by atoms with Gasteiger partial charge in [-0.1, -0.05) is 0 Å². The van der Waals surface area contributed by atoms with Gasteiger partial charge in [-0.25, -0.2) is 13.2 Å². The van der Waals surface area contributed by atoms with Crippen molar-refractivity contribution >= 4 is 22.0 Å². The highest BCUT2D eigenvalue weighted by Gasteiger charge is 2.32. The van der Waals surface area contributed by atoms with Gasteiger partial charge in [0, 0.05) is 13.1 Å². The van der Waals surface area contributed by atoms with E-state index in [9.17, 15) is 18.0 Å². The summed E-state index contributed by atoms with van der Waals surface area (Å²) in [6.45, 7) is 0.478. The molecular formula is C14H17NO6S. The molecule has 0 amide bonds. The summed E-state index contributed by atoms with van der Waals surface area (Å²) in [5.74, 6) is -1.70. The molecule has 0 bridgehead atoms. The van der Waals surface area contributed by atoms with Gasteiger partial charge in [0.2, 0.25) is 10.0 Å². The van der Waals surface area contributed by atoms with E-state index >= 15 is 0 Å². The van der Waals surface area contributed by atoms with Crippen LogP contribution in [-0.4, -0.2) is 50.0 Å². The molecule has 0 radical (unpaired) electrons. The van der Waals surface area contributed by atoms with Crippen molar-refractivity contribution in [2.75, 3.05) is 20.2 Å². The van der Waals surface area contributed by atoms with Crippen molar-refractivity contribution in [3.8, 4) is 0 Å². The van der Waals surface area contributed by atoms with Crippen LogP contribution in [0.3, 0.4) is 0 Å². The van der Waals surface area contributed by atoms with Crippen LogP contribution in [0, 0.1) is 5.92 Å². The quantitative estimate of drug-likeness (QED) is 0.827. The van der Waals surface area contributed by atoms with Crippen molar-refractivity contribution in [2.45, 2.75) is 17.7 Å². The van der Waals surface area contributed by atoms with Gasteiger partial charge in [-0.3, -0.25) is 4.79 Å². The van der Waals surface area contributed by atoms with Crippen molar-refractivity contribution in [1.29, 1.82) is 0 Å². The maximum atomic E-state index is 12.5. The van der Waals surface area contributed by atoms with Gasteiger partial charge in [-0.05, 0) is 37.1 Å². The molecule has 7 nitrogen and oxygen atoms in total. The average Bonchev–Trinajstić information content (AvgIpc) is 2.54. The Bertz CT molecular complexity index is 659. The minimum atomic E-state index is -3.67. The maximum Gasteiger partial charge on any atom is 0.335 e. The Hall–Kier alpha value is -1.93. The lowest BCUT2D eigenvalue weighted by molar-refractivity contribution is -0.146. The summed E-state index contributed by atoms with van der Waals surface area (Å²) < 4.78 is 30.9. The summed E-state index contributed by atoms with van der Waals surface area (Å²) in [6, 6.07) is 5.09. The number of esters is 1. The zero-order chi connectivity index (χ0) is 16.3. The fourth-order valence-corrected chi connectivity index (χ4v) is 3.89. The molecule has 1 heterocycles. The molecule has 0 saturated carbocycles. The molecular weight excluding hydrogens is 310 g/mol. The van der Waals surface area contributed by atoms with Gasteiger partial charge in [0.1, 0.15) is 0 Å². The topological polar surface area (TPSA) is 101 Å². The lowest BCUT2D eigenvalue weighted by atomic mass is 9.99. The number of ether oxygens (including phenoxy) is 1. The lowest BCUT2D eigenvalue weighted by Gasteiger charge is -2.29. The van der Waals surface area contributed by atoms with Crippen LogP contribution >= 0.6 is 0 Å². The van der Waals surface area contributed by atoms with Crippen LogP contribution in [0.5, 0.6) is 0 Å². The van der Waals surface area contributed by atoms with Crippen LogP contribution in [0.2, 0.25) is 0 Å². The highest BCUT2D eigenvalue weighted by atomic mass is 32.2. The third-order valence-corrected chi connectivity index (χ3v) is 5.64. The second-order valence-corrected chi connectivity index (χ2v) is 6.97. The molecule has 8 heteroatoms. The predicted molar refractivity (Wildman–Crippen MR) is 76.9 cm³/mol. The van der Waals surface area contributed by atoms with E-state index in [1.807, 2.05) is 0 Å². The molecule has 1 aromatic carbocycles. The highest BCUT2D eigenvalue weighted by molar-refractivity contribution is 7.89. The number of rotatable bonds is 4. The predicted octanol–water partition coefficient (Wildman–Crippen LogP) is 0.958. The molecule has 0 spiro atoms. The third-order valence-electron chi connectivity index (χ3n) is 3.73. The standard InChI is InChI=1S/C14H17NO6S/c1-21-14(18)11-6-8-15(9-7-11)22(19,20)12-4-2-10(3-5-12)13(16)17/h2-5,11H,6-9H2,1H3,(H,16,17). The van der Waals surface area contributed by atoms with Gasteiger partial charge in [0.15, 0.2) is 0 Å². The van der Waals surface area contributed by atoms with Crippen molar-refractivity contribution < 1.29 is 27.9 Å². The largest absolute Gasteiger partial charge is 0.478 e. The average molecular weight is 327 g/mol. The summed E-state index contributed by atoms with van der Waals surface area (Å²) >= 11 is 0. The molecule has 22 heavy (non-hydrogen) atoms. The molecule has 1 aromatic rings. The van der Waals surface area contributed by atoms with Crippen LogP contribution in [0.15, 0.2) is 29.2 Å². The Morgan fingerprint density at radius 1 is 1.18 bits per heavy atom. The SMILES string of the molecule is COC(=O)C1CCN(S(=O)(=O)c2ccc(C(=O)O)cc2)CC1. The highest BCUT2D eigenvalue weighted by Crippen LogP contribution is 2.24. The van der Waals surface area contributed by atoms with Crippen molar-refractivity contribution in [2.24, 2.45) is 5.92 Å².